The second kappa shape index (κ2) is 5.59. The van der Waals surface area contributed by atoms with Crippen LogP contribution >= 0.6 is 6.49 Å². The number of nitrogens with two attached hydrogens (primary N) is 1. The molecular weight excluding hydrogens is 293 g/mol. The van der Waals surface area contributed by atoms with Gasteiger partial charge < -0.3 is 9.47 Å². The lowest BCUT2D eigenvalue weighted by atomic mass is 10.7. The molecule has 11 heteroatoms. The summed E-state index contributed by atoms with van der Waals surface area (Å²) in [6.45, 7) is 0.805. The number of cyclic esters (lactones) is 2. The lowest BCUT2D eigenvalue weighted by Gasteiger charge is -2.37. The number of nitrogens with zero attached hydrogens (tertiary/aromatic N) is 3. The van der Waals surface area contributed by atoms with E-state index in [0.29, 0.717) is 32.8 Å². The summed E-state index contributed by atoms with van der Waals surface area (Å²) in [6, 6.07) is 0. The third-order valence-corrected chi connectivity index (χ3v) is 5.19. The summed E-state index contributed by atoms with van der Waals surface area (Å²) in [5.41, 5.74) is 6.10. The highest BCUT2D eigenvalue weighted by atomic mass is 32.4. The summed E-state index contributed by atoms with van der Waals surface area (Å²) >= 11 is 5.35. The predicted octanol–water partition coefficient (Wildman–Crippen LogP) is -0.184. The first-order valence-corrected chi connectivity index (χ1v) is 8.61. The number of hydrazine groups is 2. The number of hydrogen-bond acceptors (Lipinski definition) is 5. The normalized spacial score (nSPS) is 22.7. The minimum absolute atomic E-state index is 0.291. The molecule has 108 valence electrons. The van der Waals surface area contributed by atoms with Crippen LogP contribution in [0.1, 0.15) is 6.92 Å². The number of ether oxygens (including phenoxy) is 2. The molecular formula is C8H16N5O4PS. The van der Waals surface area contributed by atoms with Crippen molar-refractivity contribution in [2.24, 2.45) is 5.50 Å². The van der Waals surface area contributed by atoms with E-state index in [9.17, 15) is 9.59 Å². The van der Waals surface area contributed by atoms with Gasteiger partial charge in [0.25, 0.3) is 0 Å². The van der Waals surface area contributed by atoms with Crippen LogP contribution in [-0.4, -0.2) is 59.8 Å². The average molecular weight is 309 g/mol. The van der Waals surface area contributed by atoms with E-state index < -0.39 is 18.7 Å². The smallest absolute Gasteiger partial charge is 0.424 e. The summed E-state index contributed by atoms with van der Waals surface area (Å²) < 4.78 is 11.2. The molecule has 0 saturated carbocycles. The Kier molecular flexibility index (Phi) is 4.26. The monoisotopic (exact) mass is 309 g/mol. The van der Waals surface area contributed by atoms with Gasteiger partial charge in [0.1, 0.15) is 13.2 Å². The van der Waals surface area contributed by atoms with Crippen molar-refractivity contribution in [3.63, 3.8) is 0 Å². The number of amides is 2. The van der Waals surface area contributed by atoms with Gasteiger partial charge in [0, 0.05) is 6.54 Å². The quantitative estimate of drug-likeness (QED) is 0.674. The maximum Gasteiger partial charge on any atom is 0.424 e. The molecule has 1 atom stereocenters. The van der Waals surface area contributed by atoms with Crippen LogP contribution in [0.25, 0.3) is 0 Å². The van der Waals surface area contributed by atoms with E-state index in [4.69, 9.17) is 26.8 Å². The van der Waals surface area contributed by atoms with Gasteiger partial charge in [-0.25, -0.2) is 19.6 Å². The zero-order chi connectivity index (χ0) is 14.0. The molecule has 9 nitrogen and oxygen atoms in total. The molecule has 0 aromatic heterocycles. The zero-order valence-electron chi connectivity index (χ0n) is 10.4. The Hall–Kier alpha value is -0.930. The van der Waals surface area contributed by atoms with Gasteiger partial charge >= 0.3 is 12.2 Å². The first kappa shape index (κ1) is 14.5. The van der Waals surface area contributed by atoms with Crippen molar-refractivity contribution in [2.45, 2.75) is 6.92 Å². The van der Waals surface area contributed by atoms with Crippen LogP contribution in [0, 0.1) is 0 Å². The molecule has 0 aliphatic carbocycles. The van der Waals surface area contributed by atoms with E-state index in [-0.39, 0.29) is 0 Å². The van der Waals surface area contributed by atoms with Crippen LogP contribution in [0.2, 0.25) is 0 Å². The minimum Gasteiger partial charge on any atom is -0.447 e. The van der Waals surface area contributed by atoms with E-state index in [1.807, 2.05) is 6.92 Å². The molecule has 0 bridgehead atoms. The van der Waals surface area contributed by atoms with Gasteiger partial charge in [-0.2, -0.15) is 9.98 Å². The molecule has 1 unspecified atom stereocenters. The van der Waals surface area contributed by atoms with Crippen molar-refractivity contribution >= 4 is 30.5 Å². The summed E-state index contributed by atoms with van der Waals surface area (Å²) in [5, 5.41) is 5.40. The van der Waals surface area contributed by atoms with Gasteiger partial charge in [-0.05, 0) is 11.8 Å². The molecule has 2 amide bonds. The molecule has 0 spiro atoms. The van der Waals surface area contributed by atoms with Crippen molar-refractivity contribution in [3.05, 3.63) is 0 Å². The van der Waals surface area contributed by atoms with Crippen LogP contribution in [0.3, 0.4) is 0 Å². The molecule has 19 heavy (non-hydrogen) atoms. The maximum absolute atomic E-state index is 11.6. The fourth-order valence-electron chi connectivity index (χ4n) is 1.84. The van der Waals surface area contributed by atoms with E-state index in [0.717, 1.165) is 0 Å². The Balaban J connectivity index is 2.09. The van der Waals surface area contributed by atoms with Crippen molar-refractivity contribution in [1.29, 1.82) is 0 Å². The predicted molar refractivity (Wildman–Crippen MR) is 70.1 cm³/mol. The summed E-state index contributed by atoms with van der Waals surface area (Å²) in [4.78, 5) is 22.9. The van der Waals surface area contributed by atoms with Crippen LogP contribution < -0.4 is 10.7 Å². The Bertz CT molecular complexity index is 435. The highest BCUT2D eigenvalue weighted by Crippen LogP contribution is 2.39. The van der Waals surface area contributed by atoms with Crippen molar-refractivity contribution < 1.29 is 19.1 Å². The second-order valence-electron chi connectivity index (χ2n) is 3.91. The first-order valence-electron chi connectivity index (χ1n) is 5.78. The topological polar surface area (TPSA) is 100 Å². The maximum atomic E-state index is 11.6. The van der Waals surface area contributed by atoms with Crippen LogP contribution in [0.4, 0.5) is 9.59 Å². The highest BCUT2D eigenvalue weighted by Gasteiger charge is 2.36. The molecule has 2 fully saturated rings. The van der Waals surface area contributed by atoms with Crippen molar-refractivity contribution in [2.75, 3.05) is 32.8 Å². The van der Waals surface area contributed by atoms with Gasteiger partial charge in [-0.15, -0.1) is 0 Å². The fourth-order valence-corrected chi connectivity index (χ4v) is 4.29. The molecule has 0 aromatic carbocycles. The van der Waals surface area contributed by atoms with Gasteiger partial charge in [0.15, 0.2) is 6.49 Å². The number of hydrogen-bond donors (Lipinski definition) is 2. The number of carbonyl (C=O) groups is 2. The number of carbonyl (C=O) groups excluding carboxylic acids is 2. The van der Waals surface area contributed by atoms with Gasteiger partial charge in [-0.3, -0.25) is 5.50 Å². The van der Waals surface area contributed by atoms with Gasteiger partial charge in [0.05, 0.1) is 13.1 Å². The number of rotatable bonds is 5. The van der Waals surface area contributed by atoms with E-state index in [1.165, 1.54) is 10.0 Å². The fraction of sp³-hybridized carbons (Fsp3) is 0.750. The largest absolute Gasteiger partial charge is 0.447 e. The van der Waals surface area contributed by atoms with Crippen LogP contribution in [0.15, 0.2) is 0 Å². The Morgan fingerprint density at radius 3 is 2.47 bits per heavy atom. The minimum atomic E-state index is -2.81. The Morgan fingerprint density at radius 2 is 2.00 bits per heavy atom. The average Bonchev–Trinajstić information content (AvgIpc) is 2.90. The molecule has 3 N–H and O–H groups in total. The van der Waals surface area contributed by atoms with Crippen molar-refractivity contribution in [3.8, 4) is 0 Å². The summed E-state index contributed by atoms with van der Waals surface area (Å²) in [6.07, 6.45) is -0.993. The molecule has 0 radical (unpaired) electrons. The third kappa shape index (κ3) is 2.98. The van der Waals surface area contributed by atoms with Crippen LogP contribution in [-0.2, 0) is 21.3 Å². The zero-order valence-corrected chi connectivity index (χ0v) is 12.2. The van der Waals surface area contributed by atoms with Crippen molar-refractivity contribution in [1.82, 2.24) is 20.0 Å². The van der Waals surface area contributed by atoms with E-state index >= 15 is 0 Å². The van der Waals surface area contributed by atoms with Gasteiger partial charge in [-0.1, -0.05) is 6.92 Å². The summed E-state index contributed by atoms with van der Waals surface area (Å²) in [5.74, 6) is 0. The molecule has 2 rings (SSSR count). The lowest BCUT2D eigenvalue weighted by molar-refractivity contribution is 0.0967. The Labute approximate surface area is 115 Å². The number of nitrogens with one attached hydrogen (secondary N) is 1. The standard InChI is InChI=1S/C8H16N5O4PS/c1-2-13(12-4-6-17-8(12)15)18(9,19)10-11-3-5-16-7(11)14/h2-6H2,1H3,(H3,9,10,19). The van der Waals surface area contributed by atoms with Crippen LogP contribution in [0.5, 0.6) is 0 Å². The molecule has 2 aliphatic heterocycles. The van der Waals surface area contributed by atoms with E-state index in [2.05, 4.69) is 5.20 Å². The van der Waals surface area contributed by atoms with Gasteiger partial charge in [0.2, 0.25) is 0 Å². The second-order valence-corrected chi connectivity index (χ2v) is 7.49. The van der Waals surface area contributed by atoms with E-state index in [1.54, 1.807) is 4.78 Å². The molecule has 0 aromatic rings. The highest BCUT2D eigenvalue weighted by molar-refractivity contribution is 8.11. The SMILES string of the molecule is CCN(N1CCOC1=O)P(N)(=S)NN1CCOC1=O. The molecule has 2 aliphatic rings. The Morgan fingerprint density at radius 1 is 1.37 bits per heavy atom. The lowest BCUT2D eigenvalue weighted by Crippen LogP contribution is -2.49. The molecule has 2 heterocycles. The first-order chi connectivity index (χ1) is 8.95. The molecule has 2 saturated heterocycles. The summed E-state index contributed by atoms with van der Waals surface area (Å²) in [7, 11) is 0. The third-order valence-electron chi connectivity index (χ3n) is 2.67.